The fourth-order valence-electron chi connectivity index (χ4n) is 1.93. The Morgan fingerprint density at radius 3 is 2.70 bits per heavy atom. The van der Waals surface area contributed by atoms with Gasteiger partial charge in [-0.25, -0.2) is 8.42 Å². The molecule has 0 bridgehead atoms. The SMILES string of the molecule is CCS(=O)(=O)C[C@H](C)NC(=O)c1cc2ccccc2s1. The first-order valence-corrected chi connectivity index (χ1v) is 9.05. The molecule has 108 valence electrons. The number of carbonyl (C=O) groups is 1. The van der Waals surface area contributed by atoms with Crippen molar-refractivity contribution in [3.05, 3.63) is 35.2 Å². The molecule has 1 heterocycles. The Morgan fingerprint density at radius 2 is 2.05 bits per heavy atom. The van der Waals surface area contributed by atoms with Crippen molar-refractivity contribution in [1.82, 2.24) is 5.32 Å². The zero-order valence-electron chi connectivity index (χ0n) is 11.4. The zero-order valence-corrected chi connectivity index (χ0v) is 13.1. The predicted molar refractivity (Wildman–Crippen MR) is 83.1 cm³/mol. The van der Waals surface area contributed by atoms with Gasteiger partial charge in [-0.1, -0.05) is 25.1 Å². The summed E-state index contributed by atoms with van der Waals surface area (Å²) in [5.74, 6) is -0.152. The fraction of sp³-hybridized carbons (Fsp3) is 0.357. The highest BCUT2D eigenvalue weighted by atomic mass is 32.2. The second kappa shape index (κ2) is 5.93. The third-order valence-electron chi connectivity index (χ3n) is 2.97. The van der Waals surface area contributed by atoms with Gasteiger partial charge in [0.25, 0.3) is 5.91 Å². The van der Waals surface area contributed by atoms with E-state index in [-0.39, 0.29) is 17.4 Å². The molecule has 20 heavy (non-hydrogen) atoms. The van der Waals surface area contributed by atoms with Crippen LogP contribution in [0, 0.1) is 0 Å². The molecular formula is C14H17NO3S2. The van der Waals surface area contributed by atoms with Gasteiger partial charge >= 0.3 is 0 Å². The van der Waals surface area contributed by atoms with Crippen LogP contribution in [0.15, 0.2) is 30.3 Å². The summed E-state index contributed by atoms with van der Waals surface area (Å²) >= 11 is 1.41. The van der Waals surface area contributed by atoms with Crippen molar-refractivity contribution in [3.8, 4) is 0 Å². The van der Waals surface area contributed by atoms with E-state index in [0.717, 1.165) is 10.1 Å². The molecule has 1 atom stereocenters. The molecule has 0 spiro atoms. The smallest absolute Gasteiger partial charge is 0.261 e. The second-order valence-corrected chi connectivity index (χ2v) is 8.20. The van der Waals surface area contributed by atoms with Gasteiger partial charge in [-0.15, -0.1) is 11.3 Å². The number of rotatable bonds is 5. The van der Waals surface area contributed by atoms with Gasteiger partial charge in [0, 0.05) is 16.5 Å². The lowest BCUT2D eigenvalue weighted by Gasteiger charge is -2.12. The van der Waals surface area contributed by atoms with Gasteiger partial charge in [0.2, 0.25) is 0 Å². The Morgan fingerprint density at radius 1 is 1.35 bits per heavy atom. The van der Waals surface area contributed by atoms with Crippen molar-refractivity contribution in [3.63, 3.8) is 0 Å². The molecule has 0 saturated carbocycles. The van der Waals surface area contributed by atoms with Crippen LogP contribution in [-0.4, -0.2) is 31.9 Å². The summed E-state index contributed by atoms with van der Waals surface area (Å²) in [5, 5.41) is 3.76. The fourth-order valence-corrected chi connectivity index (χ4v) is 3.98. The van der Waals surface area contributed by atoms with E-state index in [1.807, 2.05) is 30.3 Å². The van der Waals surface area contributed by atoms with E-state index in [1.165, 1.54) is 11.3 Å². The van der Waals surface area contributed by atoms with Crippen LogP contribution in [0.1, 0.15) is 23.5 Å². The molecule has 0 fully saturated rings. The molecule has 1 N–H and O–H groups in total. The van der Waals surface area contributed by atoms with Gasteiger partial charge in [-0.2, -0.15) is 0 Å². The molecule has 0 radical (unpaired) electrons. The molecule has 1 amide bonds. The maximum absolute atomic E-state index is 12.1. The molecule has 0 aliphatic carbocycles. The number of hydrogen-bond acceptors (Lipinski definition) is 4. The predicted octanol–water partition coefficient (Wildman–Crippen LogP) is 2.45. The number of thiophene rings is 1. The van der Waals surface area contributed by atoms with Crippen LogP contribution in [-0.2, 0) is 9.84 Å². The zero-order chi connectivity index (χ0) is 14.8. The van der Waals surface area contributed by atoms with Crippen LogP contribution >= 0.6 is 11.3 Å². The second-order valence-electron chi connectivity index (χ2n) is 4.72. The van der Waals surface area contributed by atoms with Gasteiger partial charge in [-0.3, -0.25) is 4.79 Å². The molecule has 0 aliphatic heterocycles. The molecule has 1 aromatic heterocycles. The van der Waals surface area contributed by atoms with Crippen molar-refractivity contribution >= 4 is 37.2 Å². The average molecular weight is 311 g/mol. The minimum atomic E-state index is -3.08. The maximum Gasteiger partial charge on any atom is 0.261 e. The summed E-state index contributed by atoms with van der Waals surface area (Å²) in [6, 6.07) is 9.20. The van der Waals surface area contributed by atoms with Crippen molar-refractivity contribution in [2.75, 3.05) is 11.5 Å². The quantitative estimate of drug-likeness (QED) is 0.922. The Hall–Kier alpha value is -1.40. The van der Waals surface area contributed by atoms with Gasteiger partial charge in [0.05, 0.1) is 10.6 Å². The summed E-state index contributed by atoms with van der Waals surface area (Å²) in [4.78, 5) is 12.7. The van der Waals surface area contributed by atoms with E-state index < -0.39 is 15.9 Å². The van der Waals surface area contributed by atoms with Crippen LogP contribution in [0.3, 0.4) is 0 Å². The van der Waals surface area contributed by atoms with Gasteiger partial charge in [-0.05, 0) is 24.4 Å². The lowest BCUT2D eigenvalue weighted by Crippen LogP contribution is -2.37. The van der Waals surface area contributed by atoms with E-state index in [2.05, 4.69) is 5.32 Å². The molecule has 2 aromatic rings. The van der Waals surface area contributed by atoms with E-state index in [1.54, 1.807) is 13.8 Å². The first-order valence-electron chi connectivity index (χ1n) is 6.41. The van der Waals surface area contributed by atoms with Crippen LogP contribution in [0.4, 0.5) is 0 Å². The minimum Gasteiger partial charge on any atom is -0.348 e. The molecule has 0 saturated heterocycles. The van der Waals surface area contributed by atoms with Crippen molar-refractivity contribution in [2.24, 2.45) is 0 Å². The number of sulfone groups is 1. The third-order valence-corrected chi connectivity index (χ3v) is 5.97. The topological polar surface area (TPSA) is 63.2 Å². The van der Waals surface area contributed by atoms with E-state index in [4.69, 9.17) is 0 Å². The summed E-state index contributed by atoms with van der Waals surface area (Å²) < 4.78 is 24.1. The molecule has 0 aliphatic rings. The standard InChI is InChI=1S/C14H17NO3S2/c1-3-20(17,18)9-10(2)15-14(16)13-8-11-6-4-5-7-12(11)19-13/h4-8,10H,3,9H2,1-2H3,(H,15,16)/t10-/m0/s1. The van der Waals surface area contributed by atoms with Crippen LogP contribution in [0.5, 0.6) is 0 Å². The van der Waals surface area contributed by atoms with Crippen LogP contribution in [0.25, 0.3) is 10.1 Å². The number of nitrogens with one attached hydrogen (secondary N) is 1. The third kappa shape index (κ3) is 3.58. The van der Waals surface area contributed by atoms with Gasteiger partial charge in [0.1, 0.15) is 0 Å². The van der Waals surface area contributed by atoms with Crippen molar-refractivity contribution in [2.45, 2.75) is 19.9 Å². The molecule has 2 rings (SSSR count). The normalized spacial score (nSPS) is 13.3. The van der Waals surface area contributed by atoms with E-state index in [0.29, 0.717) is 4.88 Å². The van der Waals surface area contributed by atoms with Crippen molar-refractivity contribution < 1.29 is 13.2 Å². The van der Waals surface area contributed by atoms with Crippen LogP contribution < -0.4 is 5.32 Å². The molecule has 6 heteroatoms. The highest BCUT2D eigenvalue weighted by Crippen LogP contribution is 2.25. The largest absolute Gasteiger partial charge is 0.348 e. The first kappa shape index (κ1) is 15.0. The van der Waals surface area contributed by atoms with Crippen LogP contribution in [0.2, 0.25) is 0 Å². The summed E-state index contributed by atoms with van der Waals surface area (Å²) in [5.41, 5.74) is 0. The Labute approximate surface area is 122 Å². The minimum absolute atomic E-state index is 0.0276. The number of benzene rings is 1. The summed E-state index contributed by atoms with van der Waals surface area (Å²) in [6.45, 7) is 3.31. The summed E-state index contributed by atoms with van der Waals surface area (Å²) in [6.07, 6.45) is 0. The number of carbonyl (C=O) groups excluding carboxylic acids is 1. The monoisotopic (exact) mass is 311 g/mol. The van der Waals surface area contributed by atoms with E-state index >= 15 is 0 Å². The molecule has 1 aromatic carbocycles. The highest BCUT2D eigenvalue weighted by Gasteiger charge is 2.17. The molecular weight excluding hydrogens is 294 g/mol. The number of amides is 1. The summed E-state index contributed by atoms with van der Waals surface area (Å²) in [7, 11) is -3.08. The maximum atomic E-state index is 12.1. The number of fused-ring (bicyclic) bond motifs is 1. The lowest BCUT2D eigenvalue weighted by atomic mass is 10.2. The Balaban J connectivity index is 2.08. The highest BCUT2D eigenvalue weighted by molar-refractivity contribution is 7.91. The molecule has 4 nitrogen and oxygen atoms in total. The Bertz CT molecular complexity index is 686. The average Bonchev–Trinajstić information content (AvgIpc) is 2.81. The van der Waals surface area contributed by atoms with Gasteiger partial charge in [0.15, 0.2) is 9.84 Å². The first-order chi connectivity index (χ1) is 9.41. The lowest BCUT2D eigenvalue weighted by molar-refractivity contribution is 0.0948. The van der Waals surface area contributed by atoms with Crippen molar-refractivity contribution in [1.29, 1.82) is 0 Å². The number of hydrogen-bond donors (Lipinski definition) is 1. The Kier molecular flexibility index (Phi) is 4.45. The molecule has 0 unspecified atom stereocenters. The van der Waals surface area contributed by atoms with E-state index in [9.17, 15) is 13.2 Å². The van der Waals surface area contributed by atoms with Gasteiger partial charge < -0.3 is 5.32 Å².